The molecule has 11 heteroatoms. The zero-order chi connectivity index (χ0) is 23.2. The van der Waals surface area contributed by atoms with E-state index in [1.54, 1.807) is 54.7 Å². The van der Waals surface area contributed by atoms with Crippen molar-refractivity contribution in [3.8, 4) is 0 Å². The van der Waals surface area contributed by atoms with Crippen LogP contribution in [0.2, 0.25) is 0 Å². The Kier molecular flexibility index (Phi) is 4.82. The number of imidazole rings is 2. The number of anilines is 1. The summed E-state index contributed by atoms with van der Waals surface area (Å²) >= 11 is 0. The standard InChI is InChI=1S/C22H20N8O2S/c1-30(14-3-2-8-25-12-14)33(31,32)15-5-7-17-19(10-15)29-21(27-17)11-20-26-16-6-4-13(22(23)24)9-18(16)28-20/h2-10,12H,11H2,1H3,(H3,23,24)(H,26,28)(H,27,29). The third-order valence-corrected chi connectivity index (χ3v) is 7.13. The average molecular weight is 461 g/mol. The highest BCUT2D eigenvalue weighted by Gasteiger charge is 2.22. The Hall–Kier alpha value is -4.25. The lowest BCUT2D eigenvalue weighted by molar-refractivity contribution is 0.594. The molecule has 3 heterocycles. The zero-order valence-corrected chi connectivity index (χ0v) is 18.4. The number of aromatic amines is 2. The molecule has 166 valence electrons. The SMILES string of the molecule is CN(c1cccnc1)S(=O)(=O)c1ccc2nc(Cc3nc4ccc(C(=N)N)cc4[nH]3)[nH]c2c1. The van der Waals surface area contributed by atoms with Crippen molar-refractivity contribution in [3.05, 3.63) is 78.1 Å². The first-order chi connectivity index (χ1) is 15.8. The number of amidine groups is 1. The maximum atomic E-state index is 13.1. The highest BCUT2D eigenvalue weighted by atomic mass is 32.2. The molecule has 0 bridgehead atoms. The minimum atomic E-state index is -3.76. The van der Waals surface area contributed by atoms with Gasteiger partial charge in [-0.3, -0.25) is 14.7 Å². The smallest absolute Gasteiger partial charge is 0.264 e. The molecule has 33 heavy (non-hydrogen) atoms. The summed E-state index contributed by atoms with van der Waals surface area (Å²) < 4.78 is 27.3. The van der Waals surface area contributed by atoms with E-state index >= 15 is 0 Å². The van der Waals surface area contributed by atoms with Crippen LogP contribution in [0.1, 0.15) is 17.2 Å². The molecule has 0 aliphatic carbocycles. The molecule has 0 saturated heterocycles. The number of hydrogen-bond donors (Lipinski definition) is 4. The lowest BCUT2D eigenvalue weighted by Gasteiger charge is -2.18. The van der Waals surface area contributed by atoms with Crippen molar-refractivity contribution in [1.82, 2.24) is 24.9 Å². The fourth-order valence-electron chi connectivity index (χ4n) is 3.59. The Morgan fingerprint density at radius 3 is 2.33 bits per heavy atom. The van der Waals surface area contributed by atoms with Gasteiger partial charge >= 0.3 is 0 Å². The summed E-state index contributed by atoms with van der Waals surface area (Å²) in [5, 5.41) is 7.57. The van der Waals surface area contributed by atoms with E-state index in [1.807, 2.05) is 0 Å². The Morgan fingerprint density at radius 2 is 1.70 bits per heavy atom. The van der Waals surface area contributed by atoms with Crippen LogP contribution in [0.15, 0.2) is 65.8 Å². The predicted molar refractivity (Wildman–Crippen MR) is 126 cm³/mol. The van der Waals surface area contributed by atoms with Gasteiger partial charge in [0.25, 0.3) is 10.0 Å². The maximum absolute atomic E-state index is 13.1. The second-order valence-electron chi connectivity index (χ2n) is 7.55. The van der Waals surface area contributed by atoms with Crippen LogP contribution >= 0.6 is 0 Å². The molecule has 0 amide bonds. The number of nitrogens with zero attached hydrogens (tertiary/aromatic N) is 4. The van der Waals surface area contributed by atoms with Gasteiger partial charge in [0, 0.05) is 18.8 Å². The Bertz CT molecular complexity index is 1610. The maximum Gasteiger partial charge on any atom is 0.264 e. The molecule has 10 nitrogen and oxygen atoms in total. The third-order valence-electron chi connectivity index (χ3n) is 5.35. The van der Waals surface area contributed by atoms with Crippen molar-refractivity contribution in [2.24, 2.45) is 5.73 Å². The van der Waals surface area contributed by atoms with Crippen LogP contribution in [-0.2, 0) is 16.4 Å². The van der Waals surface area contributed by atoms with Crippen molar-refractivity contribution in [2.75, 3.05) is 11.4 Å². The van der Waals surface area contributed by atoms with Crippen molar-refractivity contribution in [2.45, 2.75) is 11.3 Å². The summed E-state index contributed by atoms with van der Waals surface area (Å²) in [6.07, 6.45) is 3.49. The predicted octanol–water partition coefficient (Wildman–Crippen LogP) is 2.53. The van der Waals surface area contributed by atoms with Crippen LogP contribution in [0.3, 0.4) is 0 Å². The molecule has 5 N–H and O–H groups in total. The molecule has 0 saturated carbocycles. The van der Waals surface area contributed by atoms with Crippen LogP contribution < -0.4 is 10.0 Å². The van der Waals surface area contributed by atoms with Crippen LogP contribution in [0.25, 0.3) is 22.1 Å². The van der Waals surface area contributed by atoms with E-state index in [1.165, 1.54) is 17.5 Å². The first-order valence-electron chi connectivity index (χ1n) is 10.0. The summed E-state index contributed by atoms with van der Waals surface area (Å²) in [7, 11) is -2.27. The lowest BCUT2D eigenvalue weighted by Crippen LogP contribution is -2.26. The summed E-state index contributed by atoms with van der Waals surface area (Å²) in [6, 6.07) is 13.5. The van der Waals surface area contributed by atoms with E-state index in [9.17, 15) is 8.42 Å². The molecule has 0 aliphatic rings. The van der Waals surface area contributed by atoms with Gasteiger partial charge in [0.15, 0.2) is 0 Å². The molecule has 0 unspecified atom stereocenters. The molecule has 0 spiro atoms. The van der Waals surface area contributed by atoms with Gasteiger partial charge in [0.05, 0.1) is 45.3 Å². The number of aromatic nitrogens is 5. The summed E-state index contributed by atoms with van der Waals surface area (Å²) in [4.78, 5) is 19.7. The number of nitrogens with one attached hydrogen (secondary N) is 3. The minimum Gasteiger partial charge on any atom is -0.384 e. The first kappa shape index (κ1) is 20.6. The summed E-state index contributed by atoms with van der Waals surface area (Å²) in [5.74, 6) is 1.32. The van der Waals surface area contributed by atoms with E-state index in [0.29, 0.717) is 40.4 Å². The van der Waals surface area contributed by atoms with E-state index in [0.717, 1.165) is 11.0 Å². The van der Waals surface area contributed by atoms with E-state index in [-0.39, 0.29) is 10.7 Å². The number of nitrogens with two attached hydrogens (primary N) is 1. The molecule has 0 radical (unpaired) electrons. The topological polar surface area (TPSA) is 158 Å². The molecule has 0 aliphatic heterocycles. The number of hydrogen-bond acceptors (Lipinski definition) is 6. The Labute approximate surface area is 189 Å². The second-order valence-corrected chi connectivity index (χ2v) is 9.52. The van der Waals surface area contributed by atoms with Crippen LogP contribution in [0, 0.1) is 5.41 Å². The molecular weight excluding hydrogens is 440 g/mol. The molecule has 2 aromatic carbocycles. The van der Waals surface area contributed by atoms with E-state index in [4.69, 9.17) is 11.1 Å². The fourth-order valence-corrected chi connectivity index (χ4v) is 4.80. The highest BCUT2D eigenvalue weighted by molar-refractivity contribution is 7.92. The average Bonchev–Trinajstić information content (AvgIpc) is 3.40. The molecule has 5 rings (SSSR count). The van der Waals surface area contributed by atoms with Gasteiger partial charge in [-0.25, -0.2) is 18.4 Å². The van der Waals surface area contributed by atoms with Gasteiger partial charge in [-0.15, -0.1) is 0 Å². The van der Waals surface area contributed by atoms with Crippen molar-refractivity contribution >= 4 is 43.6 Å². The highest BCUT2D eigenvalue weighted by Crippen LogP contribution is 2.24. The molecule has 3 aromatic heterocycles. The minimum absolute atomic E-state index is 0.00902. The van der Waals surface area contributed by atoms with Gasteiger partial charge in [0.1, 0.15) is 17.5 Å². The molecular formula is C22H20N8O2S. The number of pyridine rings is 1. The number of rotatable bonds is 6. The van der Waals surface area contributed by atoms with Gasteiger partial charge in [-0.2, -0.15) is 0 Å². The van der Waals surface area contributed by atoms with Gasteiger partial charge < -0.3 is 15.7 Å². The van der Waals surface area contributed by atoms with Crippen LogP contribution in [-0.4, -0.2) is 46.2 Å². The van der Waals surface area contributed by atoms with Crippen molar-refractivity contribution < 1.29 is 8.42 Å². The van der Waals surface area contributed by atoms with E-state index in [2.05, 4.69) is 24.9 Å². The van der Waals surface area contributed by atoms with Crippen molar-refractivity contribution in [1.29, 1.82) is 5.41 Å². The normalized spacial score (nSPS) is 11.8. The second kappa shape index (κ2) is 7.71. The third kappa shape index (κ3) is 3.78. The quantitative estimate of drug-likeness (QED) is 0.225. The number of benzene rings is 2. The number of sulfonamides is 1. The Morgan fingerprint density at radius 1 is 1.03 bits per heavy atom. The van der Waals surface area contributed by atoms with Crippen molar-refractivity contribution in [3.63, 3.8) is 0 Å². The lowest BCUT2D eigenvalue weighted by atomic mass is 10.2. The van der Waals surface area contributed by atoms with Crippen LogP contribution in [0.4, 0.5) is 5.69 Å². The number of H-pyrrole nitrogens is 2. The van der Waals surface area contributed by atoms with E-state index < -0.39 is 10.0 Å². The molecule has 5 aromatic rings. The Balaban J connectivity index is 1.44. The summed E-state index contributed by atoms with van der Waals surface area (Å²) in [5.41, 5.74) is 9.46. The van der Waals surface area contributed by atoms with Crippen LogP contribution in [0.5, 0.6) is 0 Å². The summed E-state index contributed by atoms with van der Waals surface area (Å²) in [6.45, 7) is 0. The van der Waals surface area contributed by atoms with Gasteiger partial charge in [-0.1, -0.05) is 0 Å². The largest absolute Gasteiger partial charge is 0.384 e. The molecule has 0 fully saturated rings. The van der Waals surface area contributed by atoms with Gasteiger partial charge in [0.2, 0.25) is 0 Å². The zero-order valence-electron chi connectivity index (χ0n) is 17.6. The molecule has 0 atom stereocenters. The van der Waals surface area contributed by atoms with Gasteiger partial charge in [-0.05, 0) is 48.5 Å². The number of fused-ring (bicyclic) bond motifs is 2. The fraction of sp³-hybridized carbons (Fsp3) is 0.0909. The first-order valence-corrected chi connectivity index (χ1v) is 11.5. The number of nitrogen functional groups attached to an aromatic ring is 1. The monoisotopic (exact) mass is 460 g/mol.